The van der Waals surface area contributed by atoms with Crippen LogP contribution in [0.1, 0.15) is 5.69 Å². The Labute approximate surface area is 110 Å². The first-order valence-electron chi connectivity index (χ1n) is 5.70. The lowest BCUT2D eigenvalue weighted by atomic mass is 10.2. The minimum absolute atomic E-state index is 0.206. The van der Waals surface area contributed by atoms with Gasteiger partial charge in [-0.1, -0.05) is 0 Å². The van der Waals surface area contributed by atoms with Gasteiger partial charge in [0.25, 0.3) is 5.56 Å². The molecule has 0 fully saturated rings. The Hall–Kier alpha value is -2.34. The maximum absolute atomic E-state index is 11.5. The van der Waals surface area contributed by atoms with E-state index in [4.69, 9.17) is 15.2 Å². The van der Waals surface area contributed by atoms with Gasteiger partial charge >= 0.3 is 0 Å². The smallest absolute Gasteiger partial charge is 0.251 e. The molecule has 1 heterocycles. The van der Waals surface area contributed by atoms with E-state index in [1.165, 1.54) is 6.07 Å². The molecule has 0 aliphatic rings. The molecule has 0 radical (unpaired) electrons. The highest BCUT2D eigenvalue weighted by Gasteiger charge is 2.07. The van der Waals surface area contributed by atoms with Gasteiger partial charge in [-0.3, -0.25) is 4.79 Å². The molecule has 1 aromatic carbocycles. The molecule has 0 saturated carbocycles. The highest BCUT2D eigenvalue weighted by molar-refractivity contribution is 5.60. The van der Waals surface area contributed by atoms with Gasteiger partial charge in [0.05, 0.1) is 19.9 Å². The SMILES string of the molecule is COc1cc(OC)cc(-c2nc(CN)cc(=O)[nH]2)c1. The fourth-order valence-corrected chi connectivity index (χ4v) is 1.69. The number of aromatic amines is 1. The first kappa shape index (κ1) is 13.1. The third-order valence-corrected chi connectivity index (χ3v) is 2.63. The Bertz CT molecular complexity index is 615. The van der Waals surface area contributed by atoms with Crippen molar-refractivity contribution in [2.75, 3.05) is 14.2 Å². The summed E-state index contributed by atoms with van der Waals surface area (Å²) in [6, 6.07) is 6.65. The first-order valence-corrected chi connectivity index (χ1v) is 5.70. The summed E-state index contributed by atoms with van der Waals surface area (Å²) >= 11 is 0. The number of benzene rings is 1. The molecule has 6 heteroatoms. The fourth-order valence-electron chi connectivity index (χ4n) is 1.69. The van der Waals surface area contributed by atoms with Crippen molar-refractivity contribution in [3.63, 3.8) is 0 Å². The van der Waals surface area contributed by atoms with Crippen LogP contribution in [-0.2, 0) is 6.54 Å². The molecule has 19 heavy (non-hydrogen) atoms. The van der Waals surface area contributed by atoms with Crippen LogP contribution in [0.2, 0.25) is 0 Å². The van der Waals surface area contributed by atoms with E-state index in [1.54, 1.807) is 32.4 Å². The quantitative estimate of drug-likeness (QED) is 0.853. The van der Waals surface area contributed by atoms with Gasteiger partial charge < -0.3 is 20.2 Å². The van der Waals surface area contributed by atoms with Crippen molar-refractivity contribution in [2.24, 2.45) is 5.73 Å². The van der Waals surface area contributed by atoms with Gasteiger partial charge in [-0.15, -0.1) is 0 Å². The molecular weight excluding hydrogens is 246 g/mol. The summed E-state index contributed by atoms with van der Waals surface area (Å²) in [7, 11) is 3.12. The van der Waals surface area contributed by atoms with Gasteiger partial charge in [0.1, 0.15) is 17.3 Å². The van der Waals surface area contributed by atoms with Gasteiger partial charge in [-0.05, 0) is 12.1 Å². The number of hydrogen-bond acceptors (Lipinski definition) is 5. The first-order chi connectivity index (χ1) is 9.16. The van der Waals surface area contributed by atoms with E-state index < -0.39 is 0 Å². The summed E-state index contributed by atoms with van der Waals surface area (Å²) in [6.45, 7) is 0.206. The highest BCUT2D eigenvalue weighted by Crippen LogP contribution is 2.27. The molecule has 2 aromatic rings. The summed E-state index contributed by atoms with van der Waals surface area (Å²) in [5.74, 6) is 1.68. The van der Waals surface area contributed by atoms with Crippen LogP contribution in [0, 0.1) is 0 Å². The molecule has 0 bridgehead atoms. The number of methoxy groups -OCH3 is 2. The predicted molar refractivity (Wildman–Crippen MR) is 71.3 cm³/mol. The number of rotatable bonds is 4. The maximum Gasteiger partial charge on any atom is 0.251 e. The molecule has 100 valence electrons. The predicted octanol–water partition coefficient (Wildman–Crippen LogP) is 0.913. The third kappa shape index (κ3) is 2.92. The number of hydrogen-bond donors (Lipinski definition) is 2. The normalized spacial score (nSPS) is 10.3. The Morgan fingerprint density at radius 1 is 1.16 bits per heavy atom. The summed E-state index contributed by atoms with van der Waals surface area (Å²) in [5.41, 5.74) is 6.50. The molecule has 0 aliphatic heterocycles. The largest absolute Gasteiger partial charge is 0.497 e. The molecular formula is C13H15N3O3. The van der Waals surface area contributed by atoms with Crippen LogP contribution in [0.4, 0.5) is 0 Å². The maximum atomic E-state index is 11.5. The number of nitrogens with two attached hydrogens (primary N) is 1. The monoisotopic (exact) mass is 261 g/mol. The molecule has 6 nitrogen and oxygen atoms in total. The van der Waals surface area contributed by atoms with Crippen LogP contribution in [0.3, 0.4) is 0 Å². The second kappa shape index (κ2) is 5.53. The van der Waals surface area contributed by atoms with E-state index in [-0.39, 0.29) is 12.1 Å². The van der Waals surface area contributed by atoms with Gasteiger partial charge in [-0.2, -0.15) is 0 Å². The lowest BCUT2D eigenvalue weighted by Crippen LogP contribution is -2.12. The number of H-pyrrole nitrogens is 1. The van der Waals surface area contributed by atoms with Crippen molar-refractivity contribution in [3.05, 3.63) is 40.3 Å². The standard InChI is InChI=1S/C13H15N3O3/c1-18-10-3-8(4-11(6-10)19-2)13-15-9(7-14)5-12(17)16-13/h3-6H,7,14H2,1-2H3,(H,15,16,17). The Balaban J connectivity index is 2.57. The molecule has 3 N–H and O–H groups in total. The second-order valence-electron chi connectivity index (χ2n) is 3.89. The van der Waals surface area contributed by atoms with E-state index in [1.807, 2.05) is 0 Å². The molecule has 0 aliphatic carbocycles. The zero-order chi connectivity index (χ0) is 13.8. The molecule has 0 atom stereocenters. The average Bonchev–Trinajstić information content (AvgIpc) is 2.45. The van der Waals surface area contributed by atoms with E-state index in [0.717, 1.165) is 0 Å². The van der Waals surface area contributed by atoms with Gasteiger partial charge in [0.15, 0.2) is 0 Å². The summed E-state index contributed by atoms with van der Waals surface area (Å²) in [4.78, 5) is 18.5. The van der Waals surface area contributed by atoms with Gasteiger partial charge in [0, 0.05) is 24.2 Å². The van der Waals surface area contributed by atoms with Crippen molar-refractivity contribution < 1.29 is 9.47 Å². The molecule has 0 amide bonds. The van der Waals surface area contributed by atoms with Crippen molar-refractivity contribution >= 4 is 0 Å². The van der Waals surface area contributed by atoms with Crippen LogP contribution < -0.4 is 20.8 Å². The zero-order valence-electron chi connectivity index (χ0n) is 10.8. The molecule has 0 saturated heterocycles. The van der Waals surface area contributed by atoms with Crippen molar-refractivity contribution in [2.45, 2.75) is 6.54 Å². The van der Waals surface area contributed by atoms with Crippen LogP contribution >= 0.6 is 0 Å². The van der Waals surface area contributed by atoms with Gasteiger partial charge in [-0.25, -0.2) is 4.98 Å². The Morgan fingerprint density at radius 2 is 1.79 bits per heavy atom. The highest BCUT2D eigenvalue weighted by atomic mass is 16.5. The van der Waals surface area contributed by atoms with E-state index in [2.05, 4.69) is 9.97 Å². The molecule has 2 rings (SSSR count). The average molecular weight is 261 g/mol. The Kier molecular flexibility index (Phi) is 3.82. The van der Waals surface area contributed by atoms with Crippen LogP contribution in [0.25, 0.3) is 11.4 Å². The lowest BCUT2D eigenvalue weighted by molar-refractivity contribution is 0.394. The third-order valence-electron chi connectivity index (χ3n) is 2.63. The van der Waals surface area contributed by atoms with E-state index in [0.29, 0.717) is 28.6 Å². The van der Waals surface area contributed by atoms with Crippen LogP contribution in [0.5, 0.6) is 11.5 Å². The minimum Gasteiger partial charge on any atom is -0.497 e. The molecule has 0 spiro atoms. The fraction of sp³-hybridized carbons (Fsp3) is 0.231. The number of nitrogens with zero attached hydrogens (tertiary/aromatic N) is 1. The lowest BCUT2D eigenvalue weighted by Gasteiger charge is -2.08. The second-order valence-corrected chi connectivity index (χ2v) is 3.89. The number of nitrogens with one attached hydrogen (secondary N) is 1. The topological polar surface area (TPSA) is 90.2 Å². The molecule has 1 aromatic heterocycles. The van der Waals surface area contributed by atoms with Crippen LogP contribution in [-0.4, -0.2) is 24.2 Å². The zero-order valence-corrected chi connectivity index (χ0v) is 10.8. The number of aromatic nitrogens is 2. The van der Waals surface area contributed by atoms with Gasteiger partial charge in [0.2, 0.25) is 0 Å². The van der Waals surface area contributed by atoms with Crippen molar-refractivity contribution in [3.8, 4) is 22.9 Å². The summed E-state index contributed by atoms with van der Waals surface area (Å²) < 4.78 is 10.4. The van der Waals surface area contributed by atoms with E-state index in [9.17, 15) is 4.79 Å². The summed E-state index contributed by atoms with van der Waals surface area (Å²) in [5, 5.41) is 0. The number of ether oxygens (including phenoxy) is 2. The van der Waals surface area contributed by atoms with Crippen LogP contribution in [0.15, 0.2) is 29.1 Å². The molecule has 0 unspecified atom stereocenters. The van der Waals surface area contributed by atoms with Crippen molar-refractivity contribution in [1.82, 2.24) is 9.97 Å². The minimum atomic E-state index is -0.243. The summed E-state index contributed by atoms with van der Waals surface area (Å²) in [6.07, 6.45) is 0. The van der Waals surface area contributed by atoms with E-state index >= 15 is 0 Å². The van der Waals surface area contributed by atoms with Crippen molar-refractivity contribution in [1.29, 1.82) is 0 Å². The Morgan fingerprint density at radius 3 is 2.32 bits per heavy atom.